The van der Waals surface area contributed by atoms with Gasteiger partial charge in [0.1, 0.15) is 11.9 Å². The van der Waals surface area contributed by atoms with Crippen molar-refractivity contribution < 1.29 is 9.53 Å². The minimum Gasteiger partial charge on any atom is -0.474 e. The highest BCUT2D eigenvalue weighted by Gasteiger charge is 2.17. The lowest BCUT2D eigenvalue weighted by atomic mass is 10.2. The predicted octanol–water partition coefficient (Wildman–Crippen LogP) is 4.18. The fourth-order valence-electron chi connectivity index (χ4n) is 4.20. The first kappa shape index (κ1) is 21.4. The van der Waals surface area contributed by atoms with Gasteiger partial charge in [-0.2, -0.15) is 0 Å². The molecule has 4 rings (SSSR count). The van der Waals surface area contributed by atoms with Crippen molar-refractivity contribution >= 4 is 11.8 Å². The number of pyridine rings is 2. The van der Waals surface area contributed by atoms with E-state index in [1.54, 1.807) is 6.20 Å². The summed E-state index contributed by atoms with van der Waals surface area (Å²) in [5.74, 6) is 1.69. The number of aromatic nitrogens is 2. The molecule has 0 bridgehead atoms. The average Bonchev–Trinajstić information content (AvgIpc) is 3.16. The largest absolute Gasteiger partial charge is 0.474 e. The van der Waals surface area contributed by atoms with E-state index in [1.165, 1.54) is 38.5 Å². The zero-order valence-corrected chi connectivity index (χ0v) is 18.2. The predicted molar refractivity (Wildman–Crippen MR) is 121 cm³/mol. The molecule has 3 heterocycles. The monoisotopic (exact) mass is 423 g/mol. The first-order valence-electron chi connectivity index (χ1n) is 11.6. The summed E-state index contributed by atoms with van der Waals surface area (Å²) in [6, 6.07) is 7.72. The molecule has 7 heteroatoms. The van der Waals surface area contributed by atoms with Crippen molar-refractivity contribution in [3.63, 3.8) is 0 Å². The van der Waals surface area contributed by atoms with Gasteiger partial charge >= 0.3 is 6.03 Å². The van der Waals surface area contributed by atoms with E-state index in [0.29, 0.717) is 25.1 Å². The van der Waals surface area contributed by atoms with Gasteiger partial charge in [-0.05, 0) is 55.7 Å². The van der Waals surface area contributed by atoms with Crippen LogP contribution in [-0.4, -0.2) is 35.2 Å². The molecule has 0 aromatic carbocycles. The van der Waals surface area contributed by atoms with Gasteiger partial charge in [0.15, 0.2) is 0 Å². The molecule has 0 atom stereocenters. The van der Waals surface area contributed by atoms with E-state index >= 15 is 0 Å². The Morgan fingerprint density at radius 3 is 2.10 bits per heavy atom. The zero-order chi connectivity index (χ0) is 21.3. The number of hydrogen-bond acceptors (Lipinski definition) is 5. The number of rotatable bonds is 7. The van der Waals surface area contributed by atoms with Crippen LogP contribution >= 0.6 is 0 Å². The number of urea groups is 1. The van der Waals surface area contributed by atoms with E-state index in [0.717, 1.165) is 42.9 Å². The molecule has 1 aliphatic carbocycles. The lowest BCUT2D eigenvalue weighted by Crippen LogP contribution is -2.34. The summed E-state index contributed by atoms with van der Waals surface area (Å²) in [7, 11) is 0. The van der Waals surface area contributed by atoms with Gasteiger partial charge in [0.2, 0.25) is 5.88 Å². The van der Waals surface area contributed by atoms with Crippen molar-refractivity contribution in [2.75, 3.05) is 18.0 Å². The van der Waals surface area contributed by atoms with Crippen LogP contribution in [0.15, 0.2) is 36.7 Å². The van der Waals surface area contributed by atoms with Crippen molar-refractivity contribution in [2.45, 2.75) is 70.6 Å². The normalized spacial score (nSPS) is 17.2. The molecule has 2 amide bonds. The van der Waals surface area contributed by atoms with Gasteiger partial charge in [0, 0.05) is 44.6 Å². The van der Waals surface area contributed by atoms with Crippen LogP contribution in [-0.2, 0) is 13.1 Å². The maximum absolute atomic E-state index is 12.1. The molecule has 7 nitrogen and oxygen atoms in total. The molecule has 0 unspecified atom stereocenters. The number of hydrogen-bond donors (Lipinski definition) is 2. The Morgan fingerprint density at radius 2 is 1.52 bits per heavy atom. The molecule has 2 fully saturated rings. The molecule has 2 N–H and O–H groups in total. The van der Waals surface area contributed by atoms with Crippen molar-refractivity contribution in [1.82, 2.24) is 20.6 Å². The smallest absolute Gasteiger partial charge is 0.315 e. The van der Waals surface area contributed by atoms with Crippen molar-refractivity contribution in [2.24, 2.45) is 0 Å². The van der Waals surface area contributed by atoms with Gasteiger partial charge in [0.25, 0.3) is 0 Å². The summed E-state index contributed by atoms with van der Waals surface area (Å²) < 4.78 is 5.88. The van der Waals surface area contributed by atoms with Crippen LogP contribution in [0.1, 0.15) is 62.5 Å². The molecule has 0 spiro atoms. The van der Waals surface area contributed by atoms with Crippen molar-refractivity contribution in [1.29, 1.82) is 0 Å². The number of nitrogens with one attached hydrogen (secondary N) is 2. The Labute approximate surface area is 184 Å². The first-order chi connectivity index (χ1) is 15.3. The lowest BCUT2D eigenvalue weighted by Gasteiger charge is -2.21. The van der Waals surface area contributed by atoms with Crippen LogP contribution in [0.2, 0.25) is 0 Å². The van der Waals surface area contributed by atoms with Crippen LogP contribution in [0.4, 0.5) is 10.6 Å². The minimum atomic E-state index is -0.206. The number of nitrogens with zero attached hydrogens (tertiary/aromatic N) is 3. The Bertz CT molecular complexity index is 811. The molecular weight excluding hydrogens is 390 g/mol. The molecule has 1 saturated heterocycles. The standard InChI is InChI=1S/C24H33N5O2/c30-24(28-18-20-10-12-23(26-16-20)31-21-7-3-4-8-21)27-17-19-9-11-22(25-15-19)29-13-5-1-2-6-14-29/h9-12,15-16,21H,1-8,13-14,17-18H2,(H2,27,28,30). The molecule has 2 aromatic heterocycles. The SMILES string of the molecule is O=C(NCc1ccc(OC2CCCC2)nc1)NCc1ccc(N2CCCCCC2)nc1. The third-order valence-corrected chi connectivity index (χ3v) is 6.03. The summed E-state index contributed by atoms with van der Waals surface area (Å²) in [5, 5.41) is 5.76. The second kappa shape index (κ2) is 11.0. The Balaban J connectivity index is 1.17. The molecule has 2 aliphatic rings. The Hall–Kier alpha value is -2.83. The minimum absolute atomic E-state index is 0.206. The Kier molecular flexibility index (Phi) is 7.58. The molecule has 1 aliphatic heterocycles. The van der Waals surface area contributed by atoms with Gasteiger partial charge in [-0.25, -0.2) is 14.8 Å². The van der Waals surface area contributed by atoms with Gasteiger partial charge in [0.05, 0.1) is 0 Å². The van der Waals surface area contributed by atoms with E-state index in [-0.39, 0.29) is 6.03 Å². The molecule has 31 heavy (non-hydrogen) atoms. The van der Waals surface area contributed by atoms with Crippen LogP contribution in [0.5, 0.6) is 5.88 Å². The average molecular weight is 424 g/mol. The summed E-state index contributed by atoms with van der Waals surface area (Å²) in [5.41, 5.74) is 1.93. The van der Waals surface area contributed by atoms with Crippen LogP contribution in [0, 0.1) is 0 Å². The fraction of sp³-hybridized carbons (Fsp3) is 0.542. The maximum atomic E-state index is 12.1. The number of carbonyl (C=O) groups excluding carboxylic acids is 1. The molecule has 1 saturated carbocycles. The van der Waals surface area contributed by atoms with Gasteiger partial charge in [-0.3, -0.25) is 0 Å². The second-order valence-electron chi connectivity index (χ2n) is 8.49. The molecule has 166 valence electrons. The summed E-state index contributed by atoms with van der Waals surface area (Å²) in [6.07, 6.45) is 13.7. The van der Waals surface area contributed by atoms with Crippen LogP contribution in [0.25, 0.3) is 0 Å². The van der Waals surface area contributed by atoms with E-state index in [4.69, 9.17) is 4.74 Å². The van der Waals surface area contributed by atoms with E-state index in [9.17, 15) is 4.79 Å². The highest BCUT2D eigenvalue weighted by atomic mass is 16.5. The van der Waals surface area contributed by atoms with E-state index < -0.39 is 0 Å². The molecule has 0 radical (unpaired) electrons. The summed E-state index contributed by atoms with van der Waals surface area (Å²) >= 11 is 0. The molecular formula is C24H33N5O2. The summed E-state index contributed by atoms with van der Waals surface area (Å²) in [6.45, 7) is 3.03. The quantitative estimate of drug-likeness (QED) is 0.698. The maximum Gasteiger partial charge on any atom is 0.315 e. The fourth-order valence-corrected chi connectivity index (χ4v) is 4.20. The van der Waals surface area contributed by atoms with Gasteiger partial charge in [-0.1, -0.05) is 25.0 Å². The second-order valence-corrected chi connectivity index (χ2v) is 8.49. The Morgan fingerprint density at radius 1 is 0.871 bits per heavy atom. The highest BCUT2D eigenvalue weighted by Crippen LogP contribution is 2.23. The first-order valence-corrected chi connectivity index (χ1v) is 11.6. The summed E-state index contributed by atoms with van der Waals surface area (Å²) in [4.78, 5) is 23.5. The van der Waals surface area contributed by atoms with Gasteiger partial charge in [-0.15, -0.1) is 0 Å². The third-order valence-electron chi connectivity index (χ3n) is 6.03. The van der Waals surface area contributed by atoms with Crippen LogP contribution < -0.4 is 20.3 Å². The zero-order valence-electron chi connectivity index (χ0n) is 18.2. The lowest BCUT2D eigenvalue weighted by molar-refractivity contribution is 0.201. The number of ether oxygens (including phenoxy) is 1. The number of amides is 2. The number of carbonyl (C=O) groups is 1. The van der Waals surface area contributed by atoms with Crippen molar-refractivity contribution in [3.05, 3.63) is 47.8 Å². The van der Waals surface area contributed by atoms with Crippen LogP contribution in [0.3, 0.4) is 0 Å². The third kappa shape index (κ3) is 6.57. The number of anilines is 1. The highest BCUT2D eigenvalue weighted by molar-refractivity contribution is 5.73. The van der Waals surface area contributed by atoms with Crippen molar-refractivity contribution in [3.8, 4) is 5.88 Å². The van der Waals surface area contributed by atoms with E-state index in [1.807, 2.05) is 24.4 Å². The molecule has 2 aromatic rings. The van der Waals surface area contributed by atoms with Gasteiger partial charge < -0.3 is 20.3 Å². The van der Waals surface area contributed by atoms with E-state index in [2.05, 4.69) is 31.6 Å². The topological polar surface area (TPSA) is 79.4 Å².